The highest BCUT2D eigenvalue weighted by atomic mass is 16.6. The number of methoxy groups -OCH3 is 2. The number of allylic oxidation sites excluding steroid dienone is 2. The van der Waals surface area contributed by atoms with Crippen LogP contribution in [0, 0.1) is 10.1 Å². The molecule has 10 heteroatoms. The fraction of sp³-hybridized carbons (Fsp3) is 0.333. The standard InChI is InChI=1S/C21H24N4O6/c1-22-10-12-23(13-11-22)17-8-7-15(14-18(17)25(28)29)24-9-5-4-6-16(20(26)30-2)19(24)21(27)31-3/h4-9,14H,10-13H2,1-3H3. The van der Waals surface area contributed by atoms with Crippen molar-refractivity contribution in [3.63, 3.8) is 0 Å². The first-order valence-electron chi connectivity index (χ1n) is 9.64. The Hall–Kier alpha value is -3.66. The lowest BCUT2D eigenvalue weighted by Crippen LogP contribution is -2.44. The van der Waals surface area contributed by atoms with Gasteiger partial charge in [0.25, 0.3) is 5.69 Å². The summed E-state index contributed by atoms with van der Waals surface area (Å²) in [5.41, 5.74) is 0.643. The molecule has 0 spiro atoms. The van der Waals surface area contributed by atoms with E-state index in [0.29, 0.717) is 24.5 Å². The quantitative estimate of drug-likeness (QED) is 0.394. The number of nitro benzene ring substituents is 1. The van der Waals surface area contributed by atoms with E-state index in [2.05, 4.69) is 4.90 Å². The molecule has 0 aliphatic carbocycles. The molecule has 2 heterocycles. The molecule has 164 valence electrons. The van der Waals surface area contributed by atoms with E-state index < -0.39 is 16.9 Å². The molecule has 1 aromatic rings. The number of carbonyl (C=O) groups excluding carboxylic acids is 2. The van der Waals surface area contributed by atoms with Crippen LogP contribution in [0.5, 0.6) is 0 Å². The summed E-state index contributed by atoms with van der Waals surface area (Å²) in [6.45, 7) is 2.95. The number of hydrogen-bond acceptors (Lipinski definition) is 9. The number of hydrogen-bond donors (Lipinski definition) is 0. The molecule has 0 radical (unpaired) electrons. The number of piperazine rings is 1. The Labute approximate surface area is 179 Å². The van der Waals surface area contributed by atoms with E-state index in [9.17, 15) is 19.7 Å². The second-order valence-corrected chi connectivity index (χ2v) is 7.04. The highest BCUT2D eigenvalue weighted by molar-refractivity contribution is 6.05. The third-order valence-corrected chi connectivity index (χ3v) is 5.17. The lowest BCUT2D eigenvalue weighted by molar-refractivity contribution is -0.384. The number of rotatable bonds is 5. The van der Waals surface area contributed by atoms with Crippen LogP contribution in [0.2, 0.25) is 0 Å². The SMILES string of the molecule is COC(=O)C1=C(C(=O)OC)N(c2ccc(N3CCN(C)CC3)c([N+](=O)[O-])c2)C=CC=C1. The van der Waals surface area contributed by atoms with Crippen molar-refractivity contribution < 1.29 is 24.0 Å². The largest absolute Gasteiger partial charge is 0.465 e. The first-order valence-corrected chi connectivity index (χ1v) is 9.64. The van der Waals surface area contributed by atoms with Crippen molar-refractivity contribution >= 4 is 29.0 Å². The molecule has 10 nitrogen and oxygen atoms in total. The maximum Gasteiger partial charge on any atom is 0.355 e. The molecule has 0 saturated carbocycles. The van der Waals surface area contributed by atoms with E-state index in [1.807, 2.05) is 11.9 Å². The molecule has 0 amide bonds. The fourth-order valence-electron chi connectivity index (χ4n) is 3.49. The van der Waals surface area contributed by atoms with Gasteiger partial charge in [-0.1, -0.05) is 6.08 Å². The summed E-state index contributed by atoms with van der Waals surface area (Å²) in [6.07, 6.45) is 6.15. The predicted molar refractivity (Wildman–Crippen MR) is 115 cm³/mol. The van der Waals surface area contributed by atoms with Crippen molar-refractivity contribution in [1.82, 2.24) is 4.90 Å². The molecule has 2 aliphatic heterocycles. The summed E-state index contributed by atoms with van der Waals surface area (Å²) in [4.78, 5) is 41.8. The minimum absolute atomic E-state index is 0.0230. The Morgan fingerprint density at radius 2 is 1.71 bits per heavy atom. The van der Waals surface area contributed by atoms with Gasteiger partial charge in [0.1, 0.15) is 11.4 Å². The Balaban J connectivity index is 2.09. The van der Waals surface area contributed by atoms with Gasteiger partial charge in [-0.25, -0.2) is 9.59 Å². The Morgan fingerprint density at radius 1 is 1.03 bits per heavy atom. The summed E-state index contributed by atoms with van der Waals surface area (Å²) in [7, 11) is 4.41. The van der Waals surface area contributed by atoms with Crippen LogP contribution >= 0.6 is 0 Å². The van der Waals surface area contributed by atoms with E-state index in [-0.39, 0.29) is 17.0 Å². The third kappa shape index (κ3) is 4.58. The lowest BCUT2D eigenvalue weighted by Gasteiger charge is -2.34. The Bertz CT molecular complexity index is 976. The second kappa shape index (κ2) is 9.43. The van der Waals surface area contributed by atoms with Crippen LogP contribution in [0.15, 0.2) is 53.9 Å². The molecule has 2 aliphatic rings. The highest BCUT2D eigenvalue weighted by Crippen LogP contribution is 2.35. The molecule has 31 heavy (non-hydrogen) atoms. The van der Waals surface area contributed by atoms with Gasteiger partial charge in [-0.05, 0) is 31.3 Å². The number of carbonyl (C=O) groups is 2. The molecular formula is C21H24N4O6. The molecule has 0 N–H and O–H groups in total. The average Bonchev–Trinajstić information content (AvgIpc) is 3.01. The second-order valence-electron chi connectivity index (χ2n) is 7.04. The van der Waals surface area contributed by atoms with Crippen LogP contribution in [0.1, 0.15) is 0 Å². The van der Waals surface area contributed by atoms with Gasteiger partial charge in [-0.15, -0.1) is 0 Å². The van der Waals surface area contributed by atoms with Crippen molar-refractivity contribution in [2.45, 2.75) is 0 Å². The summed E-state index contributed by atoms with van der Waals surface area (Å²) in [6, 6.07) is 4.73. The molecule has 1 aromatic carbocycles. The number of ether oxygens (including phenoxy) is 2. The van der Waals surface area contributed by atoms with Crippen LogP contribution in [0.4, 0.5) is 17.1 Å². The van der Waals surface area contributed by atoms with Crippen molar-refractivity contribution in [2.24, 2.45) is 0 Å². The number of benzene rings is 1. The predicted octanol–water partition coefficient (Wildman–Crippen LogP) is 1.84. The van der Waals surface area contributed by atoms with Gasteiger partial charge >= 0.3 is 11.9 Å². The number of esters is 2. The van der Waals surface area contributed by atoms with Crippen molar-refractivity contribution in [1.29, 1.82) is 0 Å². The van der Waals surface area contributed by atoms with E-state index in [4.69, 9.17) is 9.47 Å². The van der Waals surface area contributed by atoms with Crippen molar-refractivity contribution in [3.05, 3.63) is 64.0 Å². The van der Waals surface area contributed by atoms with Gasteiger partial charge in [0, 0.05) is 38.4 Å². The molecule has 0 atom stereocenters. The number of likely N-dealkylation sites (N-methyl/N-ethyl adjacent to an activating group) is 1. The van der Waals surface area contributed by atoms with E-state index in [1.165, 1.54) is 37.5 Å². The smallest absolute Gasteiger partial charge is 0.355 e. The van der Waals surface area contributed by atoms with Crippen LogP contribution in [-0.4, -0.2) is 69.2 Å². The summed E-state index contributed by atoms with van der Waals surface area (Å²) < 4.78 is 9.66. The van der Waals surface area contributed by atoms with Crippen LogP contribution in [-0.2, 0) is 19.1 Å². The van der Waals surface area contributed by atoms with Gasteiger partial charge in [0.2, 0.25) is 0 Å². The van der Waals surface area contributed by atoms with E-state index in [1.54, 1.807) is 24.3 Å². The zero-order valence-corrected chi connectivity index (χ0v) is 17.6. The summed E-state index contributed by atoms with van der Waals surface area (Å²) >= 11 is 0. The van der Waals surface area contributed by atoms with Crippen LogP contribution < -0.4 is 9.80 Å². The lowest BCUT2D eigenvalue weighted by atomic mass is 10.1. The Kier molecular flexibility index (Phi) is 6.71. The Morgan fingerprint density at radius 3 is 2.32 bits per heavy atom. The first-order chi connectivity index (χ1) is 14.9. The molecule has 1 saturated heterocycles. The zero-order valence-electron chi connectivity index (χ0n) is 17.6. The topological polar surface area (TPSA) is 105 Å². The minimum Gasteiger partial charge on any atom is -0.465 e. The minimum atomic E-state index is -0.776. The molecule has 0 aromatic heterocycles. The average molecular weight is 428 g/mol. The third-order valence-electron chi connectivity index (χ3n) is 5.17. The maximum atomic E-state index is 12.6. The van der Waals surface area contributed by atoms with Gasteiger partial charge in [0.05, 0.1) is 30.4 Å². The number of nitro groups is 1. The molecular weight excluding hydrogens is 404 g/mol. The summed E-state index contributed by atoms with van der Waals surface area (Å²) in [5, 5.41) is 11.9. The molecule has 1 fully saturated rings. The summed E-state index contributed by atoms with van der Waals surface area (Å²) in [5.74, 6) is -1.50. The van der Waals surface area contributed by atoms with Crippen LogP contribution in [0.25, 0.3) is 0 Å². The van der Waals surface area contributed by atoms with Gasteiger partial charge in [-0.3, -0.25) is 10.1 Å². The maximum absolute atomic E-state index is 12.6. The molecule has 0 bridgehead atoms. The van der Waals surface area contributed by atoms with E-state index in [0.717, 1.165) is 13.1 Å². The highest BCUT2D eigenvalue weighted by Gasteiger charge is 2.30. The van der Waals surface area contributed by atoms with Crippen LogP contribution in [0.3, 0.4) is 0 Å². The van der Waals surface area contributed by atoms with E-state index >= 15 is 0 Å². The van der Waals surface area contributed by atoms with Crippen molar-refractivity contribution in [3.8, 4) is 0 Å². The fourth-order valence-corrected chi connectivity index (χ4v) is 3.49. The zero-order chi connectivity index (χ0) is 22.5. The molecule has 0 unspecified atom stereocenters. The molecule has 3 rings (SSSR count). The van der Waals surface area contributed by atoms with Crippen molar-refractivity contribution in [2.75, 3.05) is 57.2 Å². The number of nitrogens with zero attached hydrogens (tertiary/aromatic N) is 4. The first kappa shape index (κ1) is 22.0. The van der Waals surface area contributed by atoms with Gasteiger partial charge < -0.3 is 24.2 Å². The number of anilines is 2. The van der Waals surface area contributed by atoms with Gasteiger partial charge in [-0.2, -0.15) is 0 Å². The normalized spacial score (nSPS) is 16.9. The van der Waals surface area contributed by atoms with Gasteiger partial charge in [0.15, 0.2) is 0 Å². The monoisotopic (exact) mass is 428 g/mol.